The number of benzene rings is 2. The Bertz CT molecular complexity index is 765. The van der Waals surface area contributed by atoms with E-state index in [1.54, 1.807) is 31.2 Å². The normalized spacial score (nSPS) is 11.6. The monoisotopic (exact) mass is 400 g/mol. The highest BCUT2D eigenvalue weighted by Crippen LogP contribution is 2.13. The average molecular weight is 400 g/mol. The minimum atomic E-state index is -0.673. The van der Waals surface area contributed by atoms with Crippen LogP contribution in [0.4, 0.5) is 4.39 Å². The highest BCUT2D eigenvalue weighted by Gasteiger charge is 2.26. The zero-order chi connectivity index (χ0) is 21.1. The zero-order valence-electron chi connectivity index (χ0n) is 17.1. The van der Waals surface area contributed by atoms with Crippen molar-refractivity contribution >= 4 is 11.8 Å². The minimum Gasteiger partial charge on any atom is -0.484 e. The van der Waals surface area contributed by atoms with E-state index in [0.29, 0.717) is 12.3 Å². The van der Waals surface area contributed by atoms with E-state index in [4.69, 9.17) is 4.74 Å². The molecule has 0 bridgehead atoms. The second-order valence-electron chi connectivity index (χ2n) is 6.92. The van der Waals surface area contributed by atoms with Crippen molar-refractivity contribution in [2.75, 3.05) is 13.2 Å². The lowest BCUT2D eigenvalue weighted by Crippen LogP contribution is -2.49. The lowest BCUT2D eigenvalue weighted by atomic mass is 10.1. The Morgan fingerprint density at radius 1 is 1.07 bits per heavy atom. The summed E-state index contributed by atoms with van der Waals surface area (Å²) >= 11 is 0. The van der Waals surface area contributed by atoms with Crippen LogP contribution in [0.3, 0.4) is 0 Å². The number of unbranched alkanes of at least 4 members (excludes halogenated alkanes) is 2. The maximum atomic E-state index is 13.2. The van der Waals surface area contributed by atoms with Crippen LogP contribution in [0.5, 0.6) is 5.75 Å². The van der Waals surface area contributed by atoms with Crippen LogP contribution in [0.15, 0.2) is 54.6 Å². The summed E-state index contributed by atoms with van der Waals surface area (Å²) in [5.74, 6) is -0.286. The number of halogens is 1. The molecule has 0 fully saturated rings. The average Bonchev–Trinajstić information content (AvgIpc) is 2.74. The molecule has 2 aromatic carbocycles. The summed E-state index contributed by atoms with van der Waals surface area (Å²) in [4.78, 5) is 26.9. The van der Waals surface area contributed by atoms with Crippen LogP contribution >= 0.6 is 0 Å². The van der Waals surface area contributed by atoms with Crippen molar-refractivity contribution in [2.45, 2.75) is 45.7 Å². The number of carbonyl (C=O) groups is 2. The van der Waals surface area contributed by atoms with Crippen molar-refractivity contribution in [3.05, 3.63) is 66.0 Å². The van der Waals surface area contributed by atoms with E-state index in [1.165, 1.54) is 17.0 Å². The molecule has 0 aliphatic rings. The molecule has 0 aromatic heterocycles. The van der Waals surface area contributed by atoms with E-state index in [1.807, 2.05) is 18.2 Å². The summed E-state index contributed by atoms with van der Waals surface area (Å²) in [5.41, 5.74) is 0.741. The predicted molar refractivity (Wildman–Crippen MR) is 111 cm³/mol. The quantitative estimate of drug-likeness (QED) is 0.582. The van der Waals surface area contributed by atoms with Crippen molar-refractivity contribution in [1.29, 1.82) is 0 Å². The first-order valence-electron chi connectivity index (χ1n) is 10.0. The van der Waals surface area contributed by atoms with E-state index in [0.717, 1.165) is 24.8 Å². The Hall–Kier alpha value is -2.89. The Balaban J connectivity index is 2.05. The van der Waals surface area contributed by atoms with Gasteiger partial charge in [0.1, 0.15) is 17.6 Å². The first-order valence-corrected chi connectivity index (χ1v) is 10.0. The van der Waals surface area contributed by atoms with Crippen LogP contribution in [-0.2, 0) is 16.1 Å². The van der Waals surface area contributed by atoms with Gasteiger partial charge in [-0.05, 0) is 43.2 Å². The maximum Gasteiger partial charge on any atom is 0.261 e. The van der Waals surface area contributed by atoms with Gasteiger partial charge in [0.05, 0.1) is 0 Å². The van der Waals surface area contributed by atoms with Gasteiger partial charge in [-0.3, -0.25) is 9.59 Å². The molecule has 156 valence electrons. The zero-order valence-corrected chi connectivity index (χ0v) is 17.1. The summed E-state index contributed by atoms with van der Waals surface area (Å²) in [6, 6.07) is 14.3. The lowest BCUT2D eigenvalue weighted by Gasteiger charge is -2.28. The fourth-order valence-electron chi connectivity index (χ4n) is 2.85. The van der Waals surface area contributed by atoms with Crippen LogP contribution in [0.2, 0.25) is 0 Å². The van der Waals surface area contributed by atoms with Gasteiger partial charge in [-0.1, -0.05) is 50.1 Å². The third kappa shape index (κ3) is 7.56. The molecule has 0 saturated heterocycles. The SMILES string of the molecule is CCCCCNC(=O)[C@@H](C)N(Cc1ccc(F)cc1)C(=O)COc1ccccc1. The topological polar surface area (TPSA) is 58.6 Å². The number of amides is 2. The van der Waals surface area contributed by atoms with E-state index < -0.39 is 6.04 Å². The Kier molecular flexibility index (Phi) is 9.15. The fourth-order valence-corrected chi connectivity index (χ4v) is 2.85. The molecule has 0 radical (unpaired) electrons. The van der Waals surface area contributed by atoms with Crippen molar-refractivity contribution in [1.82, 2.24) is 10.2 Å². The Labute approximate surface area is 171 Å². The van der Waals surface area contributed by atoms with Crippen LogP contribution in [0.1, 0.15) is 38.7 Å². The number of para-hydroxylation sites is 1. The summed E-state index contributed by atoms with van der Waals surface area (Å²) in [6.07, 6.45) is 3.01. The largest absolute Gasteiger partial charge is 0.484 e. The van der Waals surface area contributed by atoms with Gasteiger partial charge in [0.2, 0.25) is 5.91 Å². The van der Waals surface area contributed by atoms with Gasteiger partial charge in [0.15, 0.2) is 6.61 Å². The standard InChI is InChI=1S/C23H29FN2O3/c1-3-4-8-15-25-23(28)18(2)26(16-19-11-13-20(24)14-12-19)22(27)17-29-21-9-6-5-7-10-21/h5-7,9-14,18H,3-4,8,15-17H2,1-2H3,(H,25,28)/t18-/m1/s1. The van der Waals surface area contributed by atoms with Gasteiger partial charge in [-0.2, -0.15) is 0 Å². The summed E-state index contributed by atoms with van der Waals surface area (Å²) in [5, 5.41) is 2.89. The molecule has 2 rings (SSSR count). The number of rotatable bonds is 11. The third-order valence-corrected chi connectivity index (χ3v) is 4.62. The molecule has 0 saturated carbocycles. The highest BCUT2D eigenvalue weighted by atomic mass is 19.1. The number of nitrogens with one attached hydrogen (secondary N) is 1. The second-order valence-corrected chi connectivity index (χ2v) is 6.92. The molecule has 2 aromatic rings. The van der Waals surface area contributed by atoms with E-state index in [2.05, 4.69) is 12.2 Å². The summed E-state index contributed by atoms with van der Waals surface area (Å²) < 4.78 is 18.8. The van der Waals surface area contributed by atoms with Gasteiger partial charge in [-0.15, -0.1) is 0 Å². The molecule has 2 amide bonds. The van der Waals surface area contributed by atoms with E-state index >= 15 is 0 Å². The predicted octanol–water partition coefficient (Wildman–Crippen LogP) is 3.93. The summed E-state index contributed by atoms with van der Waals surface area (Å²) in [6.45, 7) is 4.38. The van der Waals surface area contributed by atoms with Crippen LogP contribution in [-0.4, -0.2) is 35.9 Å². The minimum absolute atomic E-state index is 0.182. The molecule has 1 N–H and O–H groups in total. The highest BCUT2D eigenvalue weighted by molar-refractivity contribution is 5.87. The number of carbonyl (C=O) groups excluding carboxylic acids is 2. The fraction of sp³-hybridized carbons (Fsp3) is 0.391. The smallest absolute Gasteiger partial charge is 0.261 e. The third-order valence-electron chi connectivity index (χ3n) is 4.62. The van der Waals surface area contributed by atoms with Crippen LogP contribution in [0.25, 0.3) is 0 Å². The summed E-state index contributed by atoms with van der Waals surface area (Å²) in [7, 11) is 0. The lowest BCUT2D eigenvalue weighted by molar-refractivity contribution is -0.142. The number of ether oxygens (including phenoxy) is 1. The maximum absolute atomic E-state index is 13.2. The molecule has 0 spiro atoms. The molecule has 0 aliphatic carbocycles. The van der Waals surface area contributed by atoms with E-state index in [9.17, 15) is 14.0 Å². The van der Waals surface area contributed by atoms with Gasteiger partial charge < -0.3 is 15.0 Å². The molecule has 1 atom stereocenters. The molecule has 29 heavy (non-hydrogen) atoms. The Morgan fingerprint density at radius 2 is 1.76 bits per heavy atom. The van der Waals surface area contributed by atoms with E-state index in [-0.39, 0.29) is 30.8 Å². The first-order chi connectivity index (χ1) is 14.0. The van der Waals surface area contributed by atoms with Crippen molar-refractivity contribution in [2.24, 2.45) is 0 Å². The molecule has 0 aliphatic heterocycles. The molecule has 0 unspecified atom stereocenters. The number of nitrogens with zero attached hydrogens (tertiary/aromatic N) is 1. The second kappa shape index (κ2) is 11.8. The molecular formula is C23H29FN2O3. The first kappa shape index (κ1) is 22.4. The van der Waals surface area contributed by atoms with Crippen molar-refractivity contribution < 1.29 is 18.7 Å². The molecule has 0 heterocycles. The number of hydrogen-bond acceptors (Lipinski definition) is 3. The molecule has 5 nitrogen and oxygen atoms in total. The van der Waals surface area contributed by atoms with Crippen LogP contribution < -0.4 is 10.1 Å². The molecular weight excluding hydrogens is 371 g/mol. The van der Waals surface area contributed by atoms with Crippen LogP contribution in [0, 0.1) is 5.82 Å². The van der Waals surface area contributed by atoms with Gasteiger partial charge in [0.25, 0.3) is 5.91 Å². The van der Waals surface area contributed by atoms with Gasteiger partial charge >= 0.3 is 0 Å². The number of hydrogen-bond donors (Lipinski definition) is 1. The van der Waals surface area contributed by atoms with Gasteiger partial charge in [-0.25, -0.2) is 4.39 Å². The Morgan fingerprint density at radius 3 is 2.41 bits per heavy atom. The van der Waals surface area contributed by atoms with Crippen molar-refractivity contribution in [3.63, 3.8) is 0 Å². The molecule has 6 heteroatoms. The van der Waals surface area contributed by atoms with Crippen molar-refractivity contribution in [3.8, 4) is 5.75 Å². The van der Waals surface area contributed by atoms with Gasteiger partial charge in [0, 0.05) is 13.1 Å².